The van der Waals surface area contributed by atoms with Gasteiger partial charge in [-0.1, -0.05) is 40.5 Å². The highest BCUT2D eigenvalue weighted by atomic mass is 79.9. The SMILES string of the molecule is Cc1ccc2c(c1)CC(CC1CCC(Br)C1C)O2. The molecule has 0 bridgehead atoms. The third-order valence-corrected chi connectivity index (χ3v) is 5.94. The molecule has 0 N–H and O–H groups in total. The number of fused-ring (bicyclic) bond motifs is 1. The fourth-order valence-electron chi connectivity index (χ4n) is 3.45. The van der Waals surface area contributed by atoms with Crippen LogP contribution in [0, 0.1) is 18.8 Å². The maximum Gasteiger partial charge on any atom is 0.123 e. The van der Waals surface area contributed by atoms with E-state index >= 15 is 0 Å². The van der Waals surface area contributed by atoms with Gasteiger partial charge in [-0.25, -0.2) is 0 Å². The van der Waals surface area contributed by atoms with Gasteiger partial charge in [-0.15, -0.1) is 0 Å². The summed E-state index contributed by atoms with van der Waals surface area (Å²) in [6.07, 6.45) is 5.41. The molecular weight excluding hydrogens is 288 g/mol. The van der Waals surface area contributed by atoms with Gasteiger partial charge < -0.3 is 4.74 Å². The Balaban J connectivity index is 1.64. The second kappa shape index (κ2) is 4.88. The molecule has 4 unspecified atom stereocenters. The molecule has 1 aliphatic carbocycles. The predicted molar refractivity (Wildman–Crippen MR) is 78.5 cm³/mol. The normalized spacial score (nSPS) is 34.4. The van der Waals surface area contributed by atoms with E-state index in [9.17, 15) is 0 Å². The van der Waals surface area contributed by atoms with Crippen LogP contribution < -0.4 is 4.74 Å². The molecule has 1 aliphatic heterocycles. The van der Waals surface area contributed by atoms with Crippen molar-refractivity contribution in [2.75, 3.05) is 0 Å². The lowest BCUT2D eigenvalue weighted by molar-refractivity contribution is 0.181. The Morgan fingerprint density at radius 1 is 1.33 bits per heavy atom. The average Bonchev–Trinajstić information content (AvgIpc) is 2.86. The largest absolute Gasteiger partial charge is 0.490 e. The van der Waals surface area contributed by atoms with Crippen molar-refractivity contribution in [1.82, 2.24) is 0 Å². The number of rotatable bonds is 2. The van der Waals surface area contributed by atoms with Crippen molar-refractivity contribution in [3.8, 4) is 5.75 Å². The number of aryl methyl sites for hydroxylation is 1. The molecule has 0 radical (unpaired) electrons. The zero-order valence-corrected chi connectivity index (χ0v) is 12.7. The van der Waals surface area contributed by atoms with Crippen LogP contribution in [0.1, 0.15) is 37.3 Å². The molecule has 2 aliphatic rings. The average molecular weight is 309 g/mol. The van der Waals surface area contributed by atoms with Gasteiger partial charge in [0.05, 0.1) is 0 Å². The lowest BCUT2D eigenvalue weighted by Crippen LogP contribution is -2.21. The Bertz CT molecular complexity index is 443. The first kappa shape index (κ1) is 12.5. The van der Waals surface area contributed by atoms with Crippen LogP contribution in [0.25, 0.3) is 0 Å². The van der Waals surface area contributed by atoms with E-state index in [0.29, 0.717) is 10.9 Å². The zero-order valence-electron chi connectivity index (χ0n) is 11.2. The van der Waals surface area contributed by atoms with Gasteiger partial charge in [0.1, 0.15) is 11.9 Å². The second-order valence-corrected chi connectivity index (χ2v) is 7.18. The maximum atomic E-state index is 6.09. The van der Waals surface area contributed by atoms with Gasteiger partial charge in [0.25, 0.3) is 0 Å². The predicted octanol–water partition coefficient (Wildman–Crippen LogP) is 4.50. The highest BCUT2D eigenvalue weighted by Gasteiger charge is 2.34. The fourth-order valence-corrected chi connectivity index (χ4v) is 4.14. The molecule has 98 valence electrons. The molecule has 18 heavy (non-hydrogen) atoms. The molecule has 1 aromatic rings. The lowest BCUT2D eigenvalue weighted by atomic mass is 9.90. The maximum absolute atomic E-state index is 6.09. The summed E-state index contributed by atoms with van der Waals surface area (Å²) >= 11 is 3.79. The summed E-state index contributed by atoms with van der Waals surface area (Å²) in [5, 5.41) is 0. The van der Waals surface area contributed by atoms with Gasteiger partial charge in [-0.05, 0) is 49.7 Å². The molecule has 4 atom stereocenters. The first-order chi connectivity index (χ1) is 8.63. The van der Waals surface area contributed by atoms with Crippen molar-refractivity contribution >= 4 is 15.9 Å². The summed E-state index contributed by atoms with van der Waals surface area (Å²) in [7, 11) is 0. The van der Waals surface area contributed by atoms with Crippen molar-refractivity contribution in [3.63, 3.8) is 0 Å². The molecule has 1 nitrogen and oxygen atoms in total. The van der Waals surface area contributed by atoms with E-state index in [1.54, 1.807) is 0 Å². The quantitative estimate of drug-likeness (QED) is 0.731. The van der Waals surface area contributed by atoms with E-state index in [0.717, 1.165) is 24.0 Å². The minimum atomic E-state index is 0.409. The fraction of sp³-hybridized carbons (Fsp3) is 0.625. The van der Waals surface area contributed by atoms with E-state index < -0.39 is 0 Å². The summed E-state index contributed by atoms with van der Waals surface area (Å²) in [6.45, 7) is 4.53. The summed E-state index contributed by atoms with van der Waals surface area (Å²) in [6, 6.07) is 6.56. The smallest absolute Gasteiger partial charge is 0.123 e. The van der Waals surface area contributed by atoms with Crippen LogP contribution in [-0.4, -0.2) is 10.9 Å². The molecule has 1 saturated carbocycles. The number of alkyl halides is 1. The molecule has 0 spiro atoms. The second-order valence-electron chi connectivity index (χ2n) is 6.00. The standard InChI is InChI=1S/C16H21BrO/c1-10-3-6-16-13(7-10)9-14(18-16)8-12-4-5-15(17)11(12)2/h3,6-7,11-12,14-15H,4-5,8-9H2,1-2H3. The highest BCUT2D eigenvalue weighted by molar-refractivity contribution is 9.09. The molecule has 2 heteroatoms. The molecule has 0 aromatic heterocycles. The minimum Gasteiger partial charge on any atom is -0.490 e. The third kappa shape index (κ3) is 2.32. The van der Waals surface area contributed by atoms with Crippen LogP contribution in [-0.2, 0) is 6.42 Å². The van der Waals surface area contributed by atoms with Gasteiger partial charge in [-0.2, -0.15) is 0 Å². The Morgan fingerprint density at radius 2 is 2.17 bits per heavy atom. The summed E-state index contributed by atoms with van der Waals surface area (Å²) in [4.78, 5) is 0.716. The Kier molecular flexibility index (Phi) is 3.40. The number of hydrogen-bond acceptors (Lipinski definition) is 1. The Hall–Kier alpha value is -0.500. The molecule has 0 saturated heterocycles. The Morgan fingerprint density at radius 3 is 2.89 bits per heavy atom. The topological polar surface area (TPSA) is 9.23 Å². The van der Waals surface area contributed by atoms with E-state index in [1.165, 1.54) is 30.4 Å². The van der Waals surface area contributed by atoms with Crippen molar-refractivity contribution in [3.05, 3.63) is 29.3 Å². The van der Waals surface area contributed by atoms with E-state index in [1.807, 2.05) is 0 Å². The van der Waals surface area contributed by atoms with E-state index in [4.69, 9.17) is 4.74 Å². The van der Waals surface area contributed by atoms with Crippen molar-refractivity contribution in [1.29, 1.82) is 0 Å². The molecule has 1 fully saturated rings. The highest BCUT2D eigenvalue weighted by Crippen LogP contribution is 2.41. The van der Waals surface area contributed by atoms with Crippen LogP contribution in [0.15, 0.2) is 18.2 Å². The first-order valence-electron chi connectivity index (χ1n) is 7.03. The molecule has 1 aromatic carbocycles. The number of benzene rings is 1. The molecule has 1 heterocycles. The summed E-state index contributed by atoms with van der Waals surface area (Å²) in [5.41, 5.74) is 2.74. The molecule has 3 rings (SSSR count). The van der Waals surface area contributed by atoms with Crippen LogP contribution in [0.3, 0.4) is 0 Å². The van der Waals surface area contributed by atoms with Crippen molar-refractivity contribution in [2.24, 2.45) is 11.8 Å². The first-order valence-corrected chi connectivity index (χ1v) is 7.95. The van der Waals surface area contributed by atoms with Gasteiger partial charge >= 0.3 is 0 Å². The third-order valence-electron chi connectivity index (χ3n) is 4.65. The van der Waals surface area contributed by atoms with Crippen molar-refractivity contribution < 1.29 is 4.74 Å². The number of hydrogen-bond donors (Lipinski definition) is 0. The summed E-state index contributed by atoms with van der Waals surface area (Å²) in [5.74, 6) is 2.74. The van der Waals surface area contributed by atoms with Gasteiger partial charge in [0.2, 0.25) is 0 Å². The number of halogens is 1. The van der Waals surface area contributed by atoms with E-state index in [-0.39, 0.29) is 0 Å². The van der Waals surface area contributed by atoms with Gasteiger partial charge in [-0.3, -0.25) is 0 Å². The van der Waals surface area contributed by atoms with Crippen molar-refractivity contribution in [2.45, 2.75) is 50.5 Å². The van der Waals surface area contributed by atoms with E-state index in [2.05, 4.69) is 48.0 Å². The van der Waals surface area contributed by atoms with Crippen LogP contribution in [0.5, 0.6) is 5.75 Å². The van der Waals surface area contributed by atoms with Crippen LogP contribution in [0.4, 0.5) is 0 Å². The molecular formula is C16H21BrO. The molecule has 0 amide bonds. The van der Waals surface area contributed by atoms with Crippen LogP contribution in [0.2, 0.25) is 0 Å². The lowest BCUT2D eigenvalue weighted by Gasteiger charge is -2.20. The Labute approximate surface area is 118 Å². The monoisotopic (exact) mass is 308 g/mol. The minimum absolute atomic E-state index is 0.409. The number of ether oxygens (including phenoxy) is 1. The summed E-state index contributed by atoms with van der Waals surface area (Å²) < 4.78 is 6.09. The van der Waals surface area contributed by atoms with Gasteiger partial charge in [0, 0.05) is 11.2 Å². The zero-order chi connectivity index (χ0) is 12.7. The van der Waals surface area contributed by atoms with Gasteiger partial charge in [0.15, 0.2) is 0 Å². The van der Waals surface area contributed by atoms with Crippen LogP contribution >= 0.6 is 15.9 Å².